The third kappa shape index (κ3) is 2.08. The van der Waals surface area contributed by atoms with E-state index in [2.05, 4.69) is 102 Å². The first-order valence-corrected chi connectivity index (χ1v) is 11.8. The van der Waals surface area contributed by atoms with Gasteiger partial charge in [0.15, 0.2) is 0 Å². The molecule has 1 aliphatic carbocycles. The molecule has 0 amide bonds. The van der Waals surface area contributed by atoms with Crippen molar-refractivity contribution >= 4 is 53.2 Å². The second kappa shape index (κ2) is 5.87. The Morgan fingerprint density at radius 1 is 0.562 bits per heavy atom. The molecule has 0 bridgehead atoms. The maximum atomic E-state index is 3.71. The van der Waals surface area contributed by atoms with Crippen molar-refractivity contribution in [3.63, 3.8) is 0 Å². The summed E-state index contributed by atoms with van der Waals surface area (Å²) in [7, 11) is 0. The summed E-state index contributed by atoms with van der Waals surface area (Å²) < 4.78 is 2.70. The van der Waals surface area contributed by atoms with Crippen molar-refractivity contribution in [3.8, 4) is 33.5 Å². The lowest BCUT2D eigenvalue weighted by Crippen LogP contribution is -1.80. The van der Waals surface area contributed by atoms with Gasteiger partial charge in [-0.25, -0.2) is 0 Å². The summed E-state index contributed by atoms with van der Waals surface area (Å²) >= 11 is 1.87. The summed E-state index contributed by atoms with van der Waals surface area (Å²) in [6, 6.07) is 35.7. The Labute approximate surface area is 188 Å². The molecule has 2 heteroatoms. The molecule has 0 saturated carbocycles. The van der Waals surface area contributed by atoms with Crippen molar-refractivity contribution < 1.29 is 0 Å². The van der Waals surface area contributed by atoms with Crippen LogP contribution in [0.1, 0.15) is 0 Å². The van der Waals surface area contributed by atoms with Gasteiger partial charge in [0.25, 0.3) is 0 Å². The van der Waals surface area contributed by atoms with E-state index in [9.17, 15) is 0 Å². The molecule has 0 radical (unpaired) electrons. The summed E-state index contributed by atoms with van der Waals surface area (Å²) in [5, 5.41) is 6.68. The van der Waals surface area contributed by atoms with Gasteiger partial charge in [0.05, 0.1) is 5.69 Å². The molecule has 2 aromatic heterocycles. The van der Waals surface area contributed by atoms with Crippen LogP contribution >= 0.6 is 11.3 Å². The van der Waals surface area contributed by atoms with Gasteiger partial charge in [-0.2, -0.15) is 0 Å². The van der Waals surface area contributed by atoms with Crippen molar-refractivity contribution in [2.75, 3.05) is 0 Å². The van der Waals surface area contributed by atoms with Crippen molar-refractivity contribution in [2.24, 2.45) is 0 Å². The van der Waals surface area contributed by atoms with Crippen LogP contribution in [0.3, 0.4) is 0 Å². The Balaban J connectivity index is 1.38. The van der Waals surface area contributed by atoms with Crippen LogP contribution in [0.2, 0.25) is 0 Å². The van der Waals surface area contributed by atoms with E-state index < -0.39 is 0 Å². The third-order valence-corrected chi connectivity index (χ3v) is 8.10. The lowest BCUT2D eigenvalue weighted by atomic mass is 9.98. The number of hydrogen-bond donors (Lipinski definition) is 1. The molecule has 0 unspecified atom stereocenters. The number of hydrogen-bond acceptors (Lipinski definition) is 1. The number of aromatic nitrogens is 1. The maximum Gasteiger partial charge on any atom is 0.0551 e. The largest absolute Gasteiger partial charge is 0.354 e. The molecule has 1 nitrogen and oxygen atoms in total. The maximum absolute atomic E-state index is 3.71. The number of aromatic amines is 1. The zero-order valence-electron chi connectivity index (χ0n) is 17.1. The molecule has 0 fully saturated rings. The fourth-order valence-corrected chi connectivity index (χ4v) is 6.60. The van der Waals surface area contributed by atoms with E-state index in [1.54, 1.807) is 0 Å². The normalized spacial score (nSPS) is 12.4. The molecule has 0 aliphatic heterocycles. The van der Waals surface area contributed by atoms with Crippen LogP contribution in [0.4, 0.5) is 0 Å². The van der Waals surface area contributed by atoms with Crippen LogP contribution in [0, 0.1) is 0 Å². The van der Waals surface area contributed by atoms with E-state index in [-0.39, 0.29) is 0 Å². The summed E-state index contributed by atoms with van der Waals surface area (Å²) in [5.41, 5.74) is 8.99. The summed E-state index contributed by atoms with van der Waals surface area (Å²) in [6.45, 7) is 0. The van der Waals surface area contributed by atoms with Crippen molar-refractivity contribution in [1.29, 1.82) is 0 Å². The molecule has 148 valence electrons. The van der Waals surface area contributed by atoms with Crippen LogP contribution in [0.5, 0.6) is 0 Å². The highest BCUT2D eigenvalue weighted by atomic mass is 32.1. The Hall–Kier alpha value is -3.88. The molecule has 2 heterocycles. The average Bonchev–Trinajstić information content (AvgIpc) is 3.49. The first-order valence-electron chi connectivity index (χ1n) is 10.9. The van der Waals surface area contributed by atoms with Gasteiger partial charge in [-0.15, -0.1) is 11.3 Å². The van der Waals surface area contributed by atoms with Crippen molar-refractivity contribution in [3.05, 3.63) is 97.1 Å². The second-order valence-electron chi connectivity index (χ2n) is 8.65. The van der Waals surface area contributed by atoms with Gasteiger partial charge in [0.2, 0.25) is 0 Å². The van der Waals surface area contributed by atoms with E-state index >= 15 is 0 Å². The molecule has 1 N–H and O–H groups in total. The minimum absolute atomic E-state index is 1.20. The van der Waals surface area contributed by atoms with Crippen LogP contribution in [0.15, 0.2) is 97.1 Å². The van der Waals surface area contributed by atoms with Crippen LogP contribution in [0.25, 0.3) is 75.4 Å². The molecule has 7 aromatic rings. The second-order valence-corrected chi connectivity index (χ2v) is 9.74. The number of thiophene rings is 1. The SMILES string of the molecule is c1cc2c3c(cccc3c1)-c1c-2[nH]c2ccc(-c3ccc4sc5ccccc5c4c3)cc12. The van der Waals surface area contributed by atoms with Gasteiger partial charge in [-0.1, -0.05) is 66.7 Å². The first kappa shape index (κ1) is 16.8. The molecule has 0 atom stereocenters. The summed E-state index contributed by atoms with van der Waals surface area (Å²) in [5.74, 6) is 0. The zero-order chi connectivity index (χ0) is 20.8. The molecular formula is C30H17NS. The van der Waals surface area contributed by atoms with Crippen molar-refractivity contribution in [1.82, 2.24) is 4.98 Å². The number of rotatable bonds is 1. The highest BCUT2D eigenvalue weighted by Gasteiger charge is 2.25. The van der Waals surface area contributed by atoms with Gasteiger partial charge in [-0.05, 0) is 57.8 Å². The first-order chi connectivity index (χ1) is 15.8. The van der Waals surface area contributed by atoms with E-state index in [1.165, 1.54) is 75.4 Å². The van der Waals surface area contributed by atoms with E-state index in [4.69, 9.17) is 0 Å². The lowest BCUT2D eigenvalue weighted by molar-refractivity contribution is 1.48. The average molecular weight is 424 g/mol. The number of benzene rings is 5. The van der Waals surface area contributed by atoms with Crippen molar-refractivity contribution in [2.45, 2.75) is 0 Å². The lowest BCUT2D eigenvalue weighted by Gasteiger charge is -2.06. The van der Waals surface area contributed by atoms with E-state index in [1.807, 2.05) is 11.3 Å². The zero-order valence-corrected chi connectivity index (χ0v) is 18.0. The number of fused-ring (bicyclic) bond motifs is 8. The number of H-pyrrole nitrogens is 1. The Morgan fingerprint density at radius 2 is 1.31 bits per heavy atom. The van der Waals surface area contributed by atoms with Crippen LogP contribution in [-0.4, -0.2) is 4.98 Å². The molecule has 0 spiro atoms. The van der Waals surface area contributed by atoms with Crippen LogP contribution in [-0.2, 0) is 0 Å². The number of nitrogens with one attached hydrogen (secondary N) is 1. The quantitative estimate of drug-likeness (QED) is 0.271. The van der Waals surface area contributed by atoms with E-state index in [0.717, 1.165) is 0 Å². The van der Waals surface area contributed by atoms with Gasteiger partial charge in [0.1, 0.15) is 0 Å². The van der Waals surface area contributed by atoms with Crippen LogP contribution < -0.4 is 0 Å². The summed E-state index contributed by atoms with van der Waals surface area (Å²) in [4.78, 5) is 3.71. The van der Waals surface area contributed by atoms with Gasteiger partial charge in [0, 0.05) is 42.2 Å². The fraction of sp³-hybridized carbons (Fsp3) is 0. The molecular weight excluding hydrogens is 406 g/mol. The predicted molar refractivity (Wildman–Crippen MR) is 139 cm³/mol. The molecule has 1 aliphatic rings. The topological polar surface area (TPSA) is 15.8 Å². The Kier molecular flexibility index (Phi) is 3.08. The Morgan fingerprint density at radius 3 is 2.22 bits per heavy atom. The fourth-order valence-electron chi connectivity index (χ4n) is 5.52. The molecule has 5 aromatic carbocycles. The van der Waals surface area contributed by atoms with Gasteiger partial charge in [-0.3, -0.25) is 0 Å². The minimum Gasteiger partial charge on any atom is -0.354 e. The smallest absolute Gasteiger partial charge is 0.0551 e. The summed E-state index contributed by atoms with van der Waals surface area (Å²) in [6.07, 6.45) is 0. The highest BCUT2D eigenvalue weighted by Crippen LogP contribution is 2.50. The standard InChI is InChI=1S/C30H17NS/c1-2-10-26-20(7-1)23-15-19(12-14-27(23)32-26)18-11-13-25-24(16-18)29-21-8-3-5-17-6-4-9-22(28(17)21)30(29)31-25/h1-16,31H. The molecule has 8 rings (SSSR count). The molecule has 0 saturated heterocycles. The third-order valence-electron chi connectivity index (χ3n) is 6.95. The van der Waals surface area contributed by atoms with Gasteiger partial charge < -0.3 is 4.98 Å². The van der Waals surface area contributed by atoms with Gasteiger partial charge >= 0.3 is 0 Å². The highest BCUT2D eigenvalue weighted by molar-refractivity contribution is 7.25. The molecule has 32 heavy (non-hydrogen) atoms. The monoisotopic (exact) mass is 423 g/mol. The minimum atomic E-state index is 1.20. The predicted octanol–water partition coefficient (Wildman–Crippen LogP) is 9.00. The Bertz CT molecular complexity index is 1880. The van der Waals surface area contributed by atoms with E-state index in [0.29, 0.717) is 0 Å².